The summed E-state index contributed by atoms with van der Waals surface area (Å²) in [5.41, 5.74) is 0.480. The summed E-state index contributed by atoms with van der Waals surface area (Å²) >= 11 is 5.59. The fraction of sp³-hybridized carbons (Fsp3) is 0.0909. The summed E-state index contributed by atoms with van der Waals surface area (Å²) in [5.74, 6) is -0.0950. The van der Waals surface area contributed by atoms with Gasteiger partial charge in [0, 0.05) is 11.8 Å². The summed E-state index contributed by atoms with van der Waals surface area (Å²) in [7, 11) is -9.67. The van der Waals surface area contributed by atoms with Crippen molar-refractivity contribution in [2.45, 2.75) is 11.8 Å². The van der Waals surface area contributed by atoms with E-state index in [9.17, 15) is 19.4 Å². The molecule has 0 unspecified atom stereocenters. The molecule has 0 spiro atoms. The number of rotatable bonds is 3. The molecule has 0 bridgehead atoms. The van der Waals surface area contributed by atoms with Crippen molar-refractivity contribution in [1.29, 1.82) is 0 Å². The van der Waals surface area contributed by atoms with Crippen LogP contribution < -0.4 is 4.74 Å². The van der Waals surface area contributed by atoms with E-state index in [1.54, 1.807) is 6.92 Å². The Balaban J connectivity index is 2.29. The number of benzene rings is 1. The second-order valence-corrected chi connectivity index (χ2v) is 6.91. The highest BCUT2D eigenvalue weighted by Gasteiger charge is 2.65. The molecule has 1 aromatic carbocycles. The molecule has 0 saturated carbocycles. The Morgan fingerprint density at radius 1 is 1.00 bits per heavy atom. The third-order valence-electron chi connectivity index (χ3n) is 2.30. The van der Waals surface area contributed by atoms with E-state index in [2.05, 4.69) is 9.97 Å². The topological polar surface area (TPSA) is 35.0 Å². The first-order valence-electron chi connectivity index (χ1n) is 5.37. The van der Waals surface area contributed by atoms with Gasteiger partial charge >= 0.3 is 10.2 Å². The number of nitrogens with zero attached hydrogens (tertiary/aromatic N) is 2. The highest BCUT2D eigenvalue weighted by molar-refractivity contribution is 8.45. The van der Waals surface area contributed by atoms with E-state index in [1.165, 1.54) is 6.07 Å². The van der Waals surface area contributed by atoms with Gasteiger partial charge in [-0.1, -0.05) is 19.4 Å². The van der Waals surface area contributed by atoms with Crippen LogP contribution in [-0.4, -0.2) is 9.97 Å². The lowest BCUT2D eigenvalue weighted by Crippen LogP contribution is -2.05. The van der Waals surface area contributed by atoms with Gasteiger partial charge in [0.05, 0.1) is 0 Å². The second-order valence-electron chi connectivity index (χ2n) is 4.16. The van der Waals surface area contributed by atoms with Crippen molar-refractivity contribution in [1.82, 2.24) is 9.97 Å². The quantitative estimate of drug-likeness (QED) is 0.513. The zero-order valence-electron chi connectivity index (χ0n) is 10.4. The molecule has 0 aliphatic heterocycles. The van der Waals surface area contributed by atoms with Crippen LogP contribution in [0.5, 0.6) is 11.6 Å². The van der Waals surface area contributed by atoms with Gasteiger partial charge < -0.3 is 4.74 Å². The monoisotopic (exact) mass is 346 g/mol. The van der Waals surface area contributed by atoms with Crippen molar-refractivity contribution >= 4 is 21.8 Å². The van der Waals surface area contributed by atoms with Crippen LogP contribution in [0.1, 0.15) is 5.69 Å². The van der Waals surface area contributed by atoms with Gasteiger partial charge in [-0.2, -0.15) is 4.98 Å². The van der Waals surface area contributed by atoms with E-state index < -0.39 is 15.1 Å². The molecule has 0 saturated heterocycles. The highest BCUT2D eigenvalue weighted by atomic mass is 35.5. The van der Waals surface area contributed by atoms with Crippen LogP contribution >= 0.6 is 21.8 Å². The number of ether oxygens (including phenoxy) is 1. The zero-order valence-corrected chi connectivity index (χ0v) is 11.9. The summed E-state index contributed by atoms with van der Waals surface area (Å²) < 4.78 is 67.8. The predicted molar refractivity (Wildman–Crippen MR) is 69.7 cm³/mol. The first-order chi connectivity index (χ1) is 9.33. The molecule has 0 amide bonds. The van der Waals surface area contributed by atoms with Crippen LogP contribution in [0.3, 0.4) is 0 Å². The molecule has 1 aromatic heterocycles. The Bertz CT molecular complexity index is 670. The predicted octanol–water partition coefficient (Wildman–Crippen LogP) is 5.89. The average Bonchev–Trinajstić information content (AvgIpc) is 2.24. The van der Waals surface area contributed by atoms with Crippen LogP contribution in [0, 0.1) is 6.92 Å². The fourth-order valence-electron chi connectivity index (χ4n) is 1.44. The van der Waals surface area contributed by atoms with Gasteiger partial charge in [0.15, 0.2) is 0 Å². The first kappa shape index (κ1) is 15.8. The minimum absolute atomic E-state index is 0.00686. The number of aromatic nitrogens is 2. The molecule has 2 aromatic rings. The van der Waals surface area contributed by atoms with Crippen LogP contribution in [0.2, 0.25) is 5.28 Å². The first-order valence-corrected chi connectivity index (χ1v) is 7.70. The Morgan fingerprint density at radius 3 is 2.05 bits per heavy atom. The normalized spacial score (nSPS) is 15.2. The smallest absolute Gasteiger partial charge is 0.310 e. The zero-order chi connectivity index (χ0) is 16.0. The van der Waals surface area contributed by atoms with Crippen molar-refractivity contribution < 1.29 is 24.2 Å². The van der Waals surface area contributed by atoms with E-state index in [1.807, 2.05) is 0 Å². The van der Waals surface area contributed by atoms with E-state index in [-0.39, 0.29) is 29.0 Å². The third-order valence-corrected chi connectivity index (χ3v) is 3.63. The van der Waals surface area contributed by atoms with E-state index in [0.717, 1.165) is 12.1 Å². The third kappa shape index (κ3) is 4.18. The lowest BCUT2D eigenvalue weighted by molar-refractivity contribution is 0.363. The summed E-state index contributed by atoms with van der Waals surface area (Å²) in [6, 6.07) is 3.46. The van der Waals surface area contributed by atoms with Gasteiger partial charge in [-0.3, -0.25) is 0 Å². The standard InChI is InChI=1S/C11H8ClF5N2OS/c1-7-6-10(19-11(12)18-7)20-8-2-4-9(5-3-8)21(13,14,15,16)17/h2-6H,1H3. The molecule has 21 heavy (non-hydrogen) atoms. The minimum Gasteiger partial charge on any atom is -0.439 e. The van der Waals surface area contributed by atoms with Crippen LogP contribution in [0.25, 0.3) is 0 Å². The van der Waals surface area contributed by atoms with Crippen molar-refractivity contribution in [3.05, 3.63) is 41.3 Å². The number of hydrogen-bond donors (Lipinski definition) is 0. The molecule has 0 aliphatic rings. The molecular weight excluding hydrogens is 339 g/mol. The maximum atomic E-state index is 12.5. The highest BCUT2D eigenvalue weighted by Crippen LogP contribution is 3.02. The molecule has 116 valence electrons. The largest absolute Gasteiger partial charge is 0.439 e. The van der Waals surface area contributed by atoms with Crippen LogP contribution in [0.4, 0.5) is 19.4 Å². The van der Waals surface area contributed by atoms with Gasteiger partial charge in [-0.15, -0.1) is 0 Å². The fourth-order valence-corrected chi connectivity index (χ4v) is 2.31. The molecule has 0 N–H and O–H groups in total. The second kappa shape index (κ2) is 4.20. The Hall–Kier alpha value is -1.61. The van der Waals surface area contributed by atoms with Crippen molar-refractivity contribution in [3.8, 4) is 11.6 Å². The maximum absolute atomic E-state index is 12.5. The van der Waals surface area contributed by atoms with Gasteiger partial charge in [0.25, 0.3) is 0 Å². The van der Waals surface area contributed by atoms with Gasteiger partial charge in [-0.25, -0.2) is 4.98 Å². The Morgan fingerprint density at radius 2 is 1.57 bits per heavy atom. The van der Waals surface area contributed by atoms with Crippen LogP contribution in [0.15, 0.2) is 35.2 Å². The molecule has 2 rings (SSSR count). The summed E-state index contributed by atoms with van der Waals surface area (Å²) in [6.07, 6.45) is 0. The number of aryl methyl sites for hydroxylation is 1. The van der Waals surface area contributed by atoms with E-state index >= 15 is 0 Å². The molecule has 3 nitrogen and oxygen atoms in total. The molecule has 0 aliphatic carbocycles. The van der Waals surface area contributed by atoms with E-state index in [0.29, 0.717) is 5.69 Å². The molecular formula is C11H8ClF5N2OS. The molecule has 0 fully saturated rings. The van der Waals surface area contributed by atoms with Gasteiger partial charge in [0.1, 0.15) is 10.6 Å². The van der Waals surface area contributed by atoms with Crippen molar-refractivity contribution in [3.63, 3.8) is 0 Å². The van der Waals surface area contributed by atoms with E-state index in [4.69, 9.17) is 16.3 Å². The molecule has 1 heterocycles. The summed E-state index contributed by atoms with van der Waals surface area (Å²) in [5, 5.41) is -0.103. The van der Waals surface area contributed by atoms with Gasteiger partial charge in [-0.05, 0) is 42.8 Å². The Labute approximate surface area is 121 Å². The average molecular weight is 347 g/mol. The lowest BCUT2D eigenvalue weighted by Gasteiger charge is -2.40. The molecule has 0 radical (unpaired) electrons. The molecule has 10 heteroatoms. The lowest BCUT2D eigenvalue weighted by atomic mass is 10.3. The number of halogens is 6. The van der Waals surface area contributed by atoms with Gasteiger partial charge in [0.2, 0.25) is 11.2 Å². The summed E-state index contributed by atoms with van der Waals surface area (Å²) in [6.45, 7) is 1.61. The van der Waals surface area contributed by atoms with Crippen LogP contribution in [-0.2, 0) is 0 Å². The number of hydrogen-bond acceptors (Lipinski definition) is 3. The van der Waals surface area contributed by atoms with Crippen molar-refractivity contribution in [2.75, 3.05) is 0 Å². The summed E-state index contributed by atoms with van der Waals surface area (Å²) in [4.78, 5) is 5.48. The SMILES string of the molecule is Cc1cc(Oc2ccc(S(F)(F)(F)(F)F)cc2)nc(Cl)n1. The maximum Gasteiger partial charge on any atom is 0.310 e. The molecule has 0 atom stereocenters. The minimum atomic E-state index is -9.67. The van der Waals surface area contributed by atoms with Crippen molar-refractivity contribution in [2.24, 2.45) is 0 Å². The Kier molecular flexibility index (Phi) is 3.15.